The highest BCUT2D eigenvalue weighted by molar-refractivity contribution is 8.00. The summed E-state index contributed by atoms with van der Waals surface area (Å²) in [5, 5.41) is 16.9. The van der Waals surface area contributed by atoms with Crippen molar-refractivity contribution in [2.75, 3.05) is 0 Å². The predicted octanol–water partition coefficient (Wildman–Crippen LogP) is 1.60. The van der Waals surface area contributed by atoms with E-state index >= 15 is 0 Å². The number of carbonyl (C=O) groups is 1. The average Bonchev–Trinajstić information content (AvgIpc) is 2.63. The summed E-state index contributed by atoms with van der Waals surface area (Å²) in [6, 6.07) is 5.68. The Kier molecular flexibility index (Phi) is 2.82. The Bertz CT molecular complexity index is 538. The zero-order valence-electron chi connectivity index (χ0n) is 8.91. The van der Waals surface area contributed by atoms with Gasteiger partial charge in [-0.15, -0.1) is 10.2 Å². The van der Waals surface area contributed by atoms with E-state index in [2.05, 4.69) is 10.2 Å². The molecule has 1 N–H and O–H groups in total. The first-order valence-electron chi connectivity index (χ1n) is 4.80. The minimum Gasteiger partial charge on any atom is -0.480 e. The quantitative estimate of drug-likeness (QED) is 0.821. The molecule has 1 atom stereocenters. The van der Waals surface area contributed by atoms with Gasteiger partial charge in [0.2, 0.25) is 0 Å². The highest BCUT2D eigenvalue weighted by Crippen LogP contribution is 2.23. The van der Waals surface area contributed by atoms with E-state index in [1.165, 1.54) is 11.8 Å². The van der Waals surface area contributed by atoms with Gasteiger partial charge >= 0.3 is 5.97 Å². The maximum absolute atomic E-state index is 10.8. The SMILES string of the molecule is Cc1cccc2nnc(SC(C)C(=O)O)n12. The van der Waals surface area contributed by atoms with E-state index in [9.17, 15) is 4.79 Å². The highest BCUT2D eigenvalue weighted by atomic mass is 32.2. The molecular weight excluding hydrogens is 226 g/mol. The topological polar surface area (TPSA) is 67.5 Å². The minimum absolute atomic E-state index is 0.535. The van der Waals surface area contributed by atoms with Crippen LogP contribution >= 0.6 is 11.8 Å². The van der Waals surface area contributed by atoms with Crippen LogP contribution in [0.5, 0.6) is 0 Å². The molecule has 2 aromatic heterocycles. The number of aryl methyl sites for hydroxylation is 1. The zero-order valence-corrected chi connectivity index (χ0v) is 9.73. The summed E-state index contributed by atoms with van der Waals surface area (Å²) in [7, 11) is 0. The van der Waals surface area contributed by atoms with Crippen molar-refractivity contribution >= 4 is 23.4 Å². The Morgan fingerprint density at radius 2 is 2.25 bits per heavy atom. The van der Waals surface area contributed by atoms with Gasteiger partial charge in [-0.05, 0) is 26.0 Å². The van der Waals surface area contributed by atoms with Gasteiger partial charge in [0.15, 0.2) is 10.8 Å². The highest BCUT2D eigenvalue weighted by Gasteiger charge is 2.17. The molecule has 6 heteroatoms. The summed E-state index contributed by atoms with van der Waals surface area (Å²) < 4.78 is 1.85. The number of pyridine rings is 1. The van der Waals surface area contributed by atoms with Gasteiger partial charge < -0.3 is 5.11 Å². The van der Waals surface area contributed by atoms with Crippen LogP contribution in [0, 0.1) is 6.92 Å². The van der Waals surface area contributed by atoms with Crippen molar-refractivity contribution in [2.24, 2.45) is 0 Å². The monoisotopic (exact) mass is 237 g/mol. The van der Waals surface area contributed by atoms with Crippen LogP contribution in [0.15, 0.2) is 23.4 Å². The van der Waals surface area contributed by atoms with Crippen molar-refractivity contribution in [1.29, 1.82) is 0 Å². The minimum atomic E-state index is -0.852. The summed E-state index contributed by atoms with van der Waals surface area (Å²) in [4.78, 5) is 10.8. The molecule has 0 amide bonds. The molecule has 1 unspecified atom stereocenters. The van der Waals surface area contributed by atoms with Crippen LogP contribution in [-0.4, -0.2) is 30.9 Å². The van der Waals surface area contributed by atoms with Gasteiger partial charge in [-0.25, -0.2) is 0 Å². The van der Waals surface area contributed by atoms with Crippen LogP contribution in [0.3, 0.4) is 0 Å². The molecule has 0 aliphatic rings. The third-order valence-electron chi connectivity index (χ3n) is 2.22. The first kappa shape index (κ1) is 10.9. The van der Waals surface area contributed by atoms with E-state index < -0.39 is 11.2 Å². The number of carboxylic acids is 1. The van der Waals surface area contributed by atoms with Gasteiger partial charge in [-0.3, -0.25) is 9.20 Å². The van der Waals surface area contributed by atoms with Gasteiger partial charge in [0, 0.05) is 5.69 Å². The van der Waals surface area contributed by atoms with Crippen molar-refractivity contribution in [3.05, 3.63) is 23.9 Å². The number of hydrogen-bond acceptors (Lipinski definition) is 4. The standard InChI is InChI=1S/C10H11N3O2S/c1-6-4-3-5-8-11-12-10(13(6)8)16-7(2)9(14)15/h3-5,7H,1-2H3,(H,14,15). The number of fused-ring (bicyclic) bond motifs is 1. The lowest BCUT2D eigenvalue weighted by atomic mass is 10.4. The molecule has 0 fully saturated rings. The zero-order chi connectivity index (χ0) is 11.7. The number of hydrogen-bond donors (Lipinski definition) is 1. The molecule has 0 saturated carbocycles. The molecule has 2 heterocycles. The van der Waals surface area contributed by atoms with E-state index in [1.54, 1.807) is 6.92 Å². The fourth-order valence-corrected chi connectivity index (χ4v) is 2.20. The van der Waals surface area contributed by atoms with E-state index in [0.29, 0.717) is 5.16 Å². The van der Waals surface area contributed by atoms with Crippen molar-refractivity contribution in [3.8, 4) is 0 Å². The Morgan fingerprint density at radius 3 is 2.94 bits per heavy atom. The lowest BCUT2D eigenvalue weighted by Gasteiger charge is -2.05. The molecule has 0 aromatic carbocycles. The molecule has 0 saturated heterocycles. The van der Waals surface area contributed by atoms with Crippen LogP contribution in [-0.2, 0) is 4.79 Å². The maximum Gasteiger partial charge on any atom is 0.316 e. The van der Waals surface area contributed by atoms with Gasteiger partial charge in [0.1, 0.15) is 5.25 Å². The third kappa shape index (κ3) is 1.88. The molecule has 84 valence electrons. The van der Waals surface area contributed by atoms with E-state index in [-0.39, 0.29) is 0 Å². The number of carboxylic acid groups (broad SMARTS) is 1. The number of thioether (sulfide) groups is 1. The molecule has 5 nitrogen and oxygen atoms in total. The van der Waals surface area contributed by atoms with E-state index in [4.69, 9.17) is 5.11 Å². The molecule has 16 heavy (non-hydrogen) atoms. The number of rotatable bonds is 3. The average molecular weight is 237 g/mol. The van der Waals surface area contributed by atoms with Crippen LogP contribution in [0.2, 0.25) is 0 Å². The largest absolute Gasteiger partial charge is 0.480 e. The molecule has 0 radical (unpaired) electrons. The van der Waals surface area contributed by atoms with Crippen LogP contribution in [0.25, 0.3) is 5.65 Å². The smallest absolute Gasteiger partial charge is 0.316 e. The molecule has 0 spiro atoms. The molecule has 2 rings (SSSR count). The fraction of sp³-hybridized carbons (Fsp3) is 0.300. The second-order valence-corrected chi connectivity index (χ2v) is 4.75. The summed E-state index contributed by atoms with van der Waals surface area (Å²) in [6.45, 7) is 3.57. The summed E-state index contributed by atoms with van der Waals surface area (Å²) in [5.74, 6) is -0.852. The van der Waals surface area contributed by atoms with Gasteiger partial charge in [0.05, 0.1) is 0 Å². The molecule has 0 bridgehead atoms. The second kappa shape index (κ2) is 4.13. The first-order chi connectivity index (χ1) is 7.59. The van der Waals surface area contributed by atoms with Crippen molar-refractivity contribution < 1.29 is 9.90 Å². The number of nitrogens with zero attached hydrogens (tertiary/aromatic N) is 3. The second-order valence-electron chi connectivity index (χ2n) is 3.44. The Hall–Kier alpha value is -1.56. The van der Waals surface area contributed by atoms with Gasteiger partial charge in [0.25, 0.3) is 0 Å². The van der Waals surface area contributed by atoms with Crippen molar-refractivity contribution in [2.45, 2.75) is 24.3 Å². The van der Waals surface area contributed by atoms with Crippen molar-refractivity contribution in [3.63, 3.8) is 0 Å². The molecule has 0 aliphatic carbocycles. The lowest BCUT2D eigenvalue weighted by Crippen LogP contribution is -2.12. The summed E-state index contributed by atoms with van der Waals surface area (Å²) in [6.07, 6.45) is 0. The molecule has 2 aromatic rings. The summed E-state index contributed by atoms with van der Waals surface area (Å²) in [5.41, 5.74) is 1.72. The maximum atomic E-state index is 10.8. The number of aromatic nitrogens is 3. The van der Waals surface area contributed by atoms with Crippen molar-refractivity contribution in [1.82, 2.24) is 14.6 Å². The van der Waals surface area contributed by atoms with E-state index in [1.807, 2.05) is 29.5 Å². The van der Waals surface area contributed by atoms with Crippen LogP contribution in [0.1, 0.15) is 12.6 Å². The lowest BCUT2D eigenvalue weighted by molar-refractivity contribution is -0.136. The molecular formula is C10H11N3O2S. The third-order valence-corrected chi connectivity index (χ3v) is 3.25. The first-order valence-corrected chi connectivity index (χ1v) is 5.68. The fourth-order valence-electron chi connectivity index (χ4n) is 1.35. The van der Waals surface area contributed by atoms with Gasteiger partial charge in [-0.2, -0.15) is 0 Å². The Labute approximate surface area is 96.5 Å². The van der Waals surface area contributed by atoms with E-state index in [0.717, 1.165) is 11.3 Å². The Morgan fingerprint density at radius 1 is 1.50 bits per heavy atom. The normalized spacial score (nSPS) is 12.9. The Balaban J connectivity index is 2.42. The van der Waals surface area contributed by atoms with Crippen LogP contribution in [0.4, 0.5) is 0 Å². The van der Waals surface area contributed by atoms with Gasteiger partial charge in [-0.1, -0.05) is 17.8 Å². The molecule has 0 aliphatic heterocycles. The number of aliphatic carboxylic acids is 1. The predicted molar refractivity (Wildman–Crippen MR) is 60.7 cm³/mol. The van der Waals surface area contributed by atoms with Crippen LogP contribution < -0.4 is 0 Å². The summed E-state index contributed by atoms with van der Waals surface area (Å²) >= 11 is 1.19.